The standard InChI is InChI=1S/C17H21FN2/c1-3-20-17(10-14-6-8-19-9-7-14)12-15-11-16(18)5-4-13(15)2/h4-9,11,17,20H,3,10,12H2,1-2H3. The SMILES string of the molecule is CCNC(Cc1ccncc1)Cc1cc(F)ccc1C. The van der Waals surface area contributed by atoms with Gasteiger partial charge in [-0.3, -0.25) is 4.98 Å². The predicted octanol–water partition coefficient (Wildman–Crippen LogP) is 3.29. The van der Waals surface area contributed by atoms with E-state index in [4.69, 9.17) is 0 Å². The lowest BCUT2D eigenvalue weighted by molar-refractivity contribution is 0.518. The van der Waals surface area contributed by atoms with E-state index in [1.807, 2.05) is 37.5 Å². The summed E-state index contributed by atoms with van der Waals surface area (Å²) < 4.78 is 13.4. The normalized spacial score (nSPS) is 12.3. The first-order chi connectivity index (χ1) is 9.69. The maximum atomic E-state index is 13.4. The third-order valence-electron chi connectivity index (χ3n) is 3.50. The Bertz CT molecular complexity index is 540. The van der Waals surface area contributed by atoms with Crippen molar-refractivity contribution in [3.63, 3.8) is 0 Å². The van der Waals surface area contributed by atoms with E-state index in [-0.39, 0.29) is 5.82 Å². The zero-order valence-electron chi connectivity index (χ0n) is 12.1. The first kappa shape index (κ1) is 14.7. The minimum Gasteiger partial charge on any atom is -0.314 e. The zero-order valence-corrected chi connectivity index (χ0v) is 12.1. The van der Waals surface area contributed by atoms with Gasteiger partial charge in [0.25, 0.3) is 0 Å². The second-order valence-electron chi connectivity index (χ2n) is 5.09. The lowest BCUT2D eigenvalue weighted by Gasteiger charge is -2.19. The third kappa shape index (κ3) is 4.14. The molecule has 2 rings (SSSR count). The number of benzene rings is 1. The summed E-state index contributed by atoms with van der Waals surface area (Å²) in [5, 5.41) is 3.48. The van der Waals surface area contributed by atoms with Gasteiger partial charge < -0.3 is 5.32 Å². The molecule has 1 heterocycles. The van der Waals surface area contributed by atoms with Crippen LogP contribution in [0.15, 0.2) is 42.7 Å². The molecule has 20 heavy (non-hydrogen) atoms. The lowest BCUT2D eigenvalue weighted by Crippen LogP contribution is -2.33. The molecule has 0 amide bonds. The summed E-state index contributed by atoms with van der Waals surface area (Å²) in [6.07, 6.45) is 5.38. The Morgan fingerprint density at radius 1 is 1.15 bits per heavy atom. The number of pyridine rings is 1. The first-order valence-corrected chi connectivity index (χ1v) is 7.06. The van der Waals surface area contributed by atoms with Gasteiger partial charge in [-0.05, 0) is 67.3 Å². The molecule has 2 nitrogen and oxygen atoms in total. The number of hydrogen-bond donors (Lipinski definition) is 1. The third-order valence-corrected chi connectivity index (χ3v) is 3.50. The number of aromatic nitrogens is 1. The summed E-state index contributed by atoms with van der Waals surface area (Å²) in [5.74, 6) is -0.162. The molecule has 0 spiro atoms. The van der Waals surface area contributed by atoms with Crippen LogP contribution in [-0.2, 0) is 12.8 Å². The van der Waals surface area contributed by atoms with Gasteiger partial charge in [0.05, 0.1) is 0 Å². The topological polar surface area (TPSA) is 24.9 Å². The van der Waals surface area contributed by atoms with E-state index in [9.17, 15) is 4.39 Å². The zero-order chi connectivity index (χ0) is 14.4. The Morgan fingerprint density at radius 3 is 2.60 bits per heavy atom. The van der Waals surface area contributed by atoms with Crippen LogP contribution < -0.4 is 5.32 Å². The number of nitrogens with zero attached hydrogens (tertiary/aromatic N) is 1. The summed E-state index contributed by atoms with van der Waals surface area (Å²) in [6, 6.07) is 9.38. The minimum absolute atomic E-state index is 0.162. The molecular formula is C17H21FN2. The van der Waals surface area contributed by atoms with E-state index >= 15 is 0 Å². The van der Waals surface area contributed by atoms with E-state index in [0.29, 0.717) is 6.04 Å². The molecule has 0 saturated heterocycles. The Hall–Kier alpha value is -1.74. The number of rotatable bonds is 6. The van der Waals surface area contributed by atoms with Crippen LogP contribution in [-0.4, -0.2) is 17.6 Å². The molecule has 106 valence electrons. The van der Waals surface area contributed by atoms with E-state index in [1.54, 1.807) is 6.07 Å². The molecule has 0 aliphatic heterocycles. The van der Waals surface area contributed by atoms with Crippen LogP contribution in [0.3, 0.4) is 0 Å². The summed E-state index contributed by atoms with van der Waals surface area (Å²) in [4.78, 5) is 4.04. The second kappa shape index (κ2) is 7.15. The molecular weight excluding hydrogens is 251 g/mol. The second-order valence-corrected chi connectivity index (χ2v) is 5.09. The largest absolute Gasteiger partial charge is 0.314 e. The highest BCUT2D eigenvalue weighted by Crippen LogP contribution is 2.14. The lowest BCUT2D eigenvalue weighted by atomic mass is 9.96. The highest BCUT2D eigenvalue weighted by molar-refractivity contribution is 5.28. The Balaban J connectivity index is 2.11. The molecule has 1 aromatic heterocycles. The molecule has 1 N–H and O–H groups in total. The molecule has 0 aliphatic rings. The number of nitrogens with one attached hydrogen (secondary N) is 1. The van der Waals surface area contributed by atoms with E-state index in [1.165, 1.54) is 11.6 Å². The average Bonchev–Trinajstić information content (AvgIpc) is 2.44. The highest BCUT2D eigenvalue weighted by Gasteiger charge is 2.11. The molecule has 0 saturated carbocycles. The molecule has 2 aromatic rings. The molecule has 3 heteroatoms. The fourth-order valence-electron chi connectivity index (χ4n) is 2.43. The highest BCUT2D eigenvalue weighted by atomic mass is 19.1. The van der Waals surface area contributed by atoms with Crippen molar-refractivity contribution in [2.75, 3.05) is 6.54 Å². The molecule has 1 atom stereocenters. The van der Waals surface area contributed by atoms with Gasteiger partial charge in [-0.1, -0.05) is 13.0 Å². The van der Waals surface area contributed by atoms with Crippen molar-refractivity contribution < 1.29 is 4.39 Å². The monoisotopic (exact) mass is 272 g/mol. The summed E-state index contributed by atoms with van der Waals surface area (Å²) in [7, 11) is 0. The van der Waals surface area contributed by atoms with Crippen LogP contribution in [0.5, 0.6) is 0 Å². The average molecular weight is 272 g/mol. The summed E-state index contributed by atoms with van der Waals surface area (Å²) in [6.45, 7) is 5.03. The van der Waals surface area contributed by atoms with E-state index in [2.05, 4.69) is 17.2 Å². The van der Waals surface area contributed by atoms with Crippen LogP contribution in [0.4, 0.5) is 4.39 Å². The van der Waals surface area contributed by atoms with Crippen molar-refractivity contribution in [2.24, 2.45) is 0 Å². The van der Waals surface area contributed by atoms with Gasteiger partial charge in [0.2, 0.25) is 0 Å². The fourth-order valence-corrected chi connectivity index (χ4v) is 2.43. The molecule has 0 fully saturated rings. The van der Waals surface area contributed by atoms with E-state index in [0.717, 1.165) is 30.5 Å². The summed E-state index contributed by atoms with van der Waals surface area (Å²) in [5.41, 5.74) is 3.47. The summed E-state index contributed by atoms with van der Waals surface area (Å²) >= 11 is 0. The first-order valence-electron chi connectivity index (χ1n) is 7.06. The smallest absolute Gasteiger partial charge is 0.123 e. The number of halogens is 1. The molecule has 0 radical (unpaired) electrons. The van der Waals surface area contributed by atoms with Gasteiger partial charge in [-0.25, -0.2) is 4.39 Å². The van der Waals surface area contributed by atoms with Crippen molar-refractivity contribution in [3.8, 4) is 0 Å². The van der Waals surface area contributed by atoms with Crippen LogP contribution in [0, 0.1) is 12.7 Å². The van der Waals surface area contributed by atoms with Crippen molar-refractivity contribution in [2.45, 2.75) is 32.7 Å². The Kier molecular flexibility index (Phi) is 5.24. The number of likely N-dealkylation sites (N-methyl/N-ethyl adjacent to an activating group) is 1. The van der Waals surface area contributed by atoms with Gasteiger partial charge in [-0.15, -0.1) is 0 Å². The fraction of sp³-hybridized carbons (Fsp3) is 0.353. The van der Waals surface area contributed by atoms with Gasteiger partial charge in [0.1, 0.15) is 5.82 Å². The molecule has 0 aliphatic carbocycles. The Labute approximate surface area is 120 Å². The van der Waals surface area contributed by atoms with Crippen LogP contribution in [0.2, 0.25) is 0 Å². The predicted molar refractivity (Wildman–Crippen MR) is 80.2 cm³/mol. The van der Waals surface area contributed by atoms with Crippen LogP contribution in [0.25, 0.3) is 0 Å². The molecule has 1 aromatic carbocycles. The van der Waals surface area contributed by atoms with Gasteiger partial charge in [0.15, 0.2) is 0 Å². The van der Waals surface area contributed by atoms with Gasteiger partial charge in [0, 0.05) is 18.4 Å². The van der Waals surface area contributed by atoms with Crippen LogP contribution >= 0.6 is 0 Å². The van der Waals surface area contributed by atoms with E-state index < -0.39 is 0 Å². The van der Waals surface area contributed by atoms with Crippen LogP contribution in [0.1, 0.15) is 23.6 Å². The van der Waals surface area contributed by atoms with Crippen molar-refractivity contribution >= 4 is 0 Å². The van der Waals surface area contributed by atoms with Gasteiger partial charge in [-0.2, -0.15) is 0 Å². The van der Waals surface area contributed by atoms with Crippen molar-refractivity contribution in [1.82, 2.24) is 10.3 Å². The maximum absolute atomic E-state index is 13.4. The maximum Gasteiger partial charge on any atom is 0.123 e. The molecule has 0 bridgehead atoms. The van der Waals surface area contributed by atoms with Gasteiger partial charge >= 0.3 is 0 Å². The quantitative estimate of drug-likeness (QED) is 0.873. The van der Waals surface area contributed by atoms with Crippen molar-refractivity contribution in [1.29, 1.82) is 0 Å². The minimum atomic E-state index is -0.162. The Morgan fingerprint density at radius 2 is 1.90 bits per heavy atom. The molecule has 1 unspecified atom stereocenters. The van der Waals surface area contributed by atoms with Crippen molar-refractivity contribution in [3.05, 3.63) is 65.2 Å². The number of aryl methyl sites for hydroxylation is 1. The number of hydrogen-bond acceptors (Lipinski definition) is 2.